The van der Waals surface area contributed by atoms with Crippen LogP contribution in [0.5, 0.6) is 0 Å². The minimum absolute atomic E-state index is 0.0149. The third-order valence-electron chi connectivity index (χ3n) is 3.38. The Labute approximate surface area is 96.9 Å². The van der Waals surface area contributed by atoms with Gasteiger partial charge in [0.05, 0.1) is 11.6 Å². The van der Waals surface area contributed by atoms with Crippen LogP contribution in [0.1, 0.15) is 39.5 Å². The molecule has 0 aromatic rings. The minimum Gasteiger partial charge on any atom is -0.409 e. The van der Waals surface area contributed by atoms with Crippen molar-refractivity contribution >= 4 is 5.84 Å². The highest BCUT2D eigenvalue weighted by atomic mass is 16.4. The molecule has 1 saturated heterocycles. The second-order valence-corrected chi connectivity index (χ2v) is 4.84. The number of hydrogen-bond donors (Lipinski definition) is 3. The van der Waals surface area contributed by atoms with Crippen molar-refractivity contribution < 1.29 is 10.3 Å². The molecular formula is C11H23N3O2. The summed E-state index contributed by atoms with van der Waals surface area (Å²) in [5.41, 5.74) is 5.10. The van der Waals surface area contributed by atoms with E-state index in [-0.39, 0.29) is 11.9 Å². The van der Waals surface area contributed by atoms with Gasteiger partial charge in [-0.3, -0.25) is 4.90 Å². The van der Waals surface area contributed by atoms with E-state index in [1.165, 1.54) is 0 Å². The number of amidine groups is 1. The van der Waals surface area contributed by atoms with Gasteiger partial charge < -0.3 is 16.0 Å². The van der Waals surface area contributed by atoms with Gasteiger partial charge >= 0.3 is 0 Å². The Bertz CT molecular complexity index is 254. The molecule has 94 valence electrons. The highest BCUT2D eigenvalue weighted by Gasteiger charge is 2.29. The summed E-state index contributed by atoms with van der Waals surface area (Å²) in [5.74, 6) is 0.268. The Hall–Kier alpha value is -0.810. The van der Waals surface area contributed by atoms with Crippen LogP contribution in [0.4, 0.5) is 0 Å². The molecule has 0 aromatic heterocycles. The van der Waals surface area contributed by atoms with Gasteiger partial charge in [-0.15, -0.1) is 0 Å². The quantitative estimate of drug-likeness (QED) is 0.289. The molecule has 0 saturated carbocycles. The minimum atomic E-state index is -0.571. The first kappa shape index (κ1) is 13.3. The number of likely N-dealkylation sites (tertiary alicyclic amines) is 1. The van der Waals surface area contributed by atoms with Gasteiger partial charge in [-0.05, 0) is 39.2 Å². The predicted octanol–water partition coefficient (Wildman–Crippen LogP) is 0.748. The fourth-order valence-electron chi connectivity index (χ4n) is 2.32. The fraction of sp³-hybridized carbons (Fsp3) is 0.909. The molecule has 1 aliphatic rings. The Balaban J connectivity index is 2.65. The molecule has 1 aliphatic heterocycles. The van der Waals surface area contributed by atoms with Gasteiger partial charge in [0.2, 0.25) is 0 Å². The van der Waals surface area contributed by atoms with E-state index in [9.17, 15) is 5.11 Å². The summed E-state index contributed by atoms with van der Waals surface area (Å²) < 4.78 is 0. The van der Waals surface area contributed by atoms with Crippen LogP contribution in [0.3, 0.4) is 0 Å². The zero-order valence-electron chi connectivity index (χ0n) is 10.2. The molecule has 16 heavy (non-hydrogen) atoms. The Morgan fingerprint density at radius 1 is 1.50 bits per heavy atom. The van der Waals surface area contributed by atoms with E-state index < -0.39 is 5.60 Å². The van der Waals surface area contributed by atoms with Gasteiger partial charge in [0.15, 0.2) is 5.84 Å². The van der Waals surface area contributed by atoms with Crippen LogP contribution >= 0.6 is 0 Å². The summed E-state index contributed by atoms with van der Waals surface area (Å²) in [6.07, 6.45) is 3.32. The highest BCUT2D eigenvalue weighted by Crippen LogP contribution is 2.23. The topological polar surface area (TPSA) is 82.1 Å². The number of oxime groups is 1. The number of aliphatic hydroxyl groups is 1. The number of hydrogen-bond acceptors (Lipinski definition) is 4. The van der Waals surface area contributed by atoms with E-state index in [4.69, 9.17) is 10.9 Å². The molecule has 5 heteroatoms. The Morgan fingerprint density at radius 3 is 2.75 bits per heavy atom. The molecule has 0 aliphatic carbocycles. The molecular weight excluding hydrogens is 206 g/mol. The molecule has 1 heterocycles. The van der Waals surface area contributed by atoms with Crippen molar-refractivity contribution in [2.24, 2.45) is 10.9 Å². The Morgan fingerprint density at radius 2 is 2.19 bits per heavy atom. The third-order valence-corrected chi connectivity index (χ3v) is 3.38. The van der Waals surface area contributed by atoms with Crippen LogP contribution < -0.4 is 5.73 Å². The molecule has 0 spiro atoms. The largest absolute Gasteiger partial charge is 0.409 e. The monoisotopic (exact) mass is 229 g/mol. The van der Waals surface area contributed by atoms with E-state index in [0.717, 1.165) is 38.8 Å². The van der Waals surface area contributed by atoms with Crippen molar-refractivity contribution in [3.05, 3.63) is 0 Å². The van der Waals surface area contributed by atoms with Crippen molar-refractivity contribution in [3.63, 3.8) is 0 Å². The normalized spacial score (nSPS) is 31.1. The molecule has 4 N–H and O–H groups in total. The predicted molar refractivity (Wildman–Crippen MR) is 63.5 cm³/mol. The van der Waals surface area contributed by atoms with Crippen LogP contribution in [0, 0.1) is 0 Å². The van der Waals surface area contributed by atoms with Crippen LogP contribution in [0.25, 0.3) is 0 Å². The summed E-state index contributed by atoms with van der Waals surface area (Å²) in [7, 11) is 0. The zero-order valence-corrected chi connectivity index (χ0v) is 10.2. The molecule has 1 rings (SSSR count). The fourth-order valence-corrected chi connectivity index (χ4v) is 2.32. The maximum atomic E-state index is 9.98. The van der Waals surface area contributed by atoms with Gasteiger partial charge in [0.1, 0.15) is 0 Å². The van der Waals surface area contributed by atoms with Crippen molar-refractivity contribution in [1.82, 2.24) is 4.90 Å². The van der Waals surface area contributed by atoms with Gasteiger partial charge in [-0.1, -0.05) is 12.1 Å². The van der Waals surface area contributed by atoms with Crippen molar-refractivity contribution in [2.75, 3.05) is 13.1 Å². The highest BCUT2D eigenvalue weighted by molar-refractivity contribution is 5.85. The molecule has 1 fully saturated rings. The van der Waals surface area contributed by atoms with Crippen LogP contribution in [0.2, 0.25) is 0 Å². The van der Waals surface area contributed by atoms with Crippen LogP contribution in [-0.2, 0) is 0 Å². The maximum absolute atomic E-state index is 9.98. The van der Waals surface area contributed by atoms with Gasteiger partial charge in [0, 0.05) is 6.54 Å². The third kappa shape index (κ3) is 3.35. The molecule has 2 atom stereocenters. The molecule has 0 amide bonds. The van der Waals surface area contributed by atoms with E-state index in [2.05, 4.69) is 10.1 Å². The van der Waals surface area contributed by atoms with E-state index >= 15 is 0 Å². The molecule has 0 bridgehead atoms. The summed E-state index contributed by atoms with van der Waals surface area (Å²) in [5, 5.41) is 21.8. The first-order valence-corrected chi connectivity index (χ1v) is 5.94. The van der Waals surface area contributed by atoms with Gasteiger partial charge in [-0.2, -0.15) is 0 Å². The summed E-state index contributed by atoms with van der Waals surface area (Å²) >= 11 is 0. The summed E-state index contributed by atoms with van der Waals surface area (Å²) in [6.45, 7) is 5.58. The SMILES string of the molecule is CCC(C(N)=NO)N1CCCC(C)(O)CC1. The van der Waals surface area contributed by atoms with E-state index in [1.54, 1.807) is 0 Å². The van der Waals surface area contributed by atoms with Crippen molar-refractivity contribution in [3.8, 4) is 0 Å². The molecule has 0 aromatic carbocycles. The average Bonchev–Trinajstić information content (AvgIpc) is 2.41. The molecule has 0 radical (unpaired) electrons. The molecule has 2 unspecified atom stereocenters. The Kier molecular flexibility index (Phi) is 4.56. The summed E-state index contributed by atoms with van der Waals surface area (Å²) in [4.78, 5) is 2.19. The van der Waals surface area contributed by atoms with E-state index in [1.807, 2.05) is 13.8 Å². The first-order chi connectivity index (χ1) is 7.50. The van der Waals surface area contributed by atoms with Crippen molar-refractivity contribution in [1.29, 1.82) is 0 Å². The second kappa shape index (κ2) is 5.50. The van der Waals surface area contributed by atoms with Crippen LogP contribution in [-0.4, -0.2) is 45.8 Å². The lowest BCUT2D eigenvalue weighted by molar-refractivity contribution is 0.0439. The zero-order chi connectivity index (χ0) is 12.2. The second-order valence-electron chi connectivity index (χ2n) is 4.84. The number of nitrogens with zero attached hydrogens (tertiary/aromatic N) is 2. The standard InChI is InChI=1S/C11H23N3O2/c1-3-9(10(12)13-16)14-7-4-5-11(2,15)6-8-14/h9,15-16H,3-8H2,1-2H3,(H2,12,13). The smallest absolute Gasteiger partial charge is 0.156 e. The van der Waals surface area contributed by atoms with Crippen LogP contribution in [0.15, 0.2) is 5.16 Å². The lowest BCUT2D eigenvalue weighted by atomic mass is 9.98. The maximum Gasteiger partial charge on any atom is 0.156 e. The van der Waals surface area contributed by atoms with E-state index in [0.29, 0.717) is 0 Å². The lowest BCUT2D eigenvalue weighted by Crippen LogP contribution is -2.45. The number of nitrogens with two attached hydrogens (primary N) is 1. The number of rotatable bonds is 3. The average molecular weight is 229 g/mol. The van der Waals surface area contributed by atoms with Gasteiger partial charge in [0.25, 0.3) is 0 Å². The summed E-state index contributed by atoms with van der Waals surface area (Å²) in [6, 6.07) is -0.0149. The lowest BCUT2D eigenvalue weighted by Gasteiger charge is -2.29. The molecule has 5 nitrogen and oxygen atoms in total. The van der Waals surface area contributed by atoms with Gasteiger partial charge in [-0.25, -0.2) is 0 Å². The van der Waals surface area contributed by atoms with Crippen molar-refractivity contribution in [2.45, 2.75) is 51.2 Å². The first-order valence-electron chi connectivity index (χ1n) is 5.94.